The molecule has 5 rings (SSSR count). The zero-order valence-corrected chi connectivity index (χ0v) is 16.8. The van der Waals surface area contributed by atoms with Crippen LogP contribution in [0.4, 0.5) is 0 Å². The first-order chi connectivity index (χ1) is 14.7. The van der Waals surface area contributed by atoms with Gasteiger partial charge in [-0.2, -0.15) is 0 Å². The number of imidazole rings is 1. The van der Waals surface area contributed by atoms with E-state index in [9.17, 15) is 9.59 Å². The van der Waals surface area contributed by atoms with Crippen LogP contribution in [0.15, 0.2) is 30.7 Å². The van der Waals surface area contributed by atoms with E-state index in [-0.39, 0.29) is 23.9 Å². The molecule has 30 heavy (non-hydrogen) atoms. The Labute approximate surface area is 173 Å². The number of rotatable bonds is 5. The molecular weight excluding hydrogens is 382 g/mol. The molecule has 0 radical (unpaired) electrons. The van der Waals surface area contributed by atoms with Crippen LogP contribution in [0.25, 0.3) is 11.0 Å². The van der Waals surface area contributed by atoms with Gasteiger partial charge < -0.3 is 15.2 Å². The maximum Gasteiger partial charge on any atom is 0.273 e. The molecule has 1 saturated heterocycles. The average molecular weight is 407 g/mol. The van der Waals surface area contributed by atoms with Gasteiger partial charge in [0.2, 0.25) is 0 Å². The molecule has 9 nitrogen and oxygen atoms in total. The maximum absolute atomic E-state index is 13.1. The van der Waals surface area contributed by atoms with Crippen LogP contribution in [0, 0.1) is 0 Å². The number of carbonyl (C=O) groups excluding carboxylic acids is 2. The van der Waals surface area contributed by atoms with Gasteiger partial charge in [0.05, 0.1) is 36.1 Å². The predicted molar refractivity (Wildman–Crippen MR) is 110 cm³/mol. The fraction of sp³-hybridized carbons (Fsp3) is 0.476. The summed E-state index contributed by atoms with van der Waals surface area (Å²) in [4.78, 5) is 34.7. The van der Waals surface area contributed by atoms with Gasteiger partial charge in [-0.15, -0.1) is 5.10 Å². The molecule has 0 unspecified atom stereocenters. The third-order valence-electron chi connectivity index (χ3n) is 6.16. The Hall–Kier alpha value is -3.23. The van der Waals surface area contributed by atoms with E-state index in [1.807, 2.05) is 23.1 Å². The van der Waals surface area contributed by atoms with E-state index < -0.39 is 0 Å². The van der Waals surface area contributed by atoms with Crippen LogP contribution in [0.2, 0.25) is 0 Å². The van der Waals surface area contributed by atoms with Crippen molar-refractivity contribution < 1.29 is 9.59 Å². The van der Waals surface area contributed by atoms with Gasteiger partial charge in [0.15, 0.2) is 5.69 Å². The lowest BCUT2D eigenvalue weighted by Gasteiger charge is -2.24. The van der Waals surface area contributed by atoms with Gasteiger partial charge in [-0.3, -0.25) is 9.59 Å². The normalized spacial score (nSPS) is 19.6. The van der Waals surface area contributed by atoms with E-state index in [0.29, 0.717) is 24.3 Å². The number of fused-ring (bicyclic) bond motifs is 1. The fourth-order valence-corrected chi connectivity index (χ4v) is 4.56. The number of likely N-dealkylation sites (tertiary alicyclic amines) is 1. The van der Waals surface area contributed by atoms with E-state index in [1.54, 1.807) is 17.2 Å². The highest BCUT2D eigenvalue weighted by atomic mass is 16.2. The summed E-state index contributed by atoms with van der Waals surface area (Å²) in [6.45, 7) is 1.25. The maximum atomic E-state index is 13.1. The lowest BCUT2D eigenvalue weighted by molar-refractivity contribution is 0.0721. The molecule has 0 spiro atoms. The first-order valence-electron chi connectivity index (χ1n) is 10.6. The molecule has 1 aliphatic carbocycles. The first kappa shape index (κ1) is 18.8. The largest absolute Gasteiger partial charge is 0.348 e. The molecule has 2 aliphatic rings. The zero-order valence-electron chi connectivity index (χ0n) is 16.8. The van der Waals surface area contributed by atoms with Crippen LogP contribution in [-0.2, 0) is 6.54 Å². The molecule has 2 fully saturated rings. The number of H-pyrrole nitrogens is 1. The van der Waals surface area contributed by atoms with Crippen molar-refractivity contribution in [3.05, 3.63) is 42.0 Å². The number of hydrogen-bond donors (Lipinski definition) is 2. The second kappa shape index (κ2) is 7.89. The smallest absolute Gasteiger partial charge is 0.273 e. The Balaban J connectivity index is 1.25. The number of nitrogens with one attached hydrogen (secondary N) is 2. The van der Waals surface area contributed by atoms with Crippen molar-refractivity contribution in [2.24, 2.45) is 0 Å². The summed E-state index contributed by atoms with van der Waals surface area (Å²) in [5.74, 6) is -0.159. The Morgan fingerprint density at radius 2 is 2.03 bits per heavy atom. The third-order valence-corrected chi connectivity index (χ3v) is 6.16. The molecule has 2 N–H and O–H groups in total. The molecule has 0 bridgehead atoms. The van der Waals surface area contributed by atoms with Crippen LogP contribution >= 0.6 is 0 Å². The quantitative estimate of drug-likeness (QED) is 0.673. The highest BCUT2D eigenvalue weighted by molar-refractivity contribution is 5.97. The van der Waals surface area contributed by atoms with Crippen molar-refractivity contribution in [1.82, 2.24) is 35.2 Å². The Kier molecular flexibility index (Phi) is 4.94. The van der Waals surface area contributed by atoms with Gasteiger partial charge in [-0.25, -0.2) is 9.67 Å². The monoisotopic (exact) mass is 407 g/mol. The van der Waals surface area contributed by atoms with Gasteiger partial charge >= 0.3 is 0 Å². The van der Waals surface area contributed by atoms with Gasteiger partial charge in [-0.1, -0.05) is 18.1 Å². The van der Waals surface area contributed by atoms with Gasteiger partial charge in [0, 0.05) is 18.2 Å². The fourth-order valence-electron chi connectivity index (χ4n) is 4.56. The number of carbonyl (C=O) groups is 2. The second-order valence-electron chi connectivity index (χ2n) is 8.21. The molecule has 2 amide bonds. The first-order valence-corrected chi connectivity index (χ1v) is 10.6. The average Bonchev–Trinajstić information content (AvgIpc) is 3.54. The third kappa shape index (κ3) is 3.67. The number of benzene rings is 1. The molecule has 3 aromatic rings. The SMILES string of the molecule is O=C(NC1CCCC1)c1cn(C[C@@H]2CCCN2C(=O)c2ccc3nc[nH]c3c2)nn1. The number of aromatic amines is 1. The highest BCUT2D eigenvalue weighted by Crippen LogP contribution is 2.23. The molecular formula is C21H25N7O2. The van der Waals surface area contributed by atoms with Gasteiger partial charge in [0.1, 0.15) is 0 Å². The molecule has 2 aromatic heterocycles. The van der Waals surface area contributed by atoms with Crippen molar-refractivity contribution in [2.75, 3.05) is 6.54 Å². The van der Waals surface area contributed by atoms with Crippen LogP contribution in [-0.4, -0.2) is 60.3 Å². The number of aromatic nitrogens is 5. The van der Waals surface area contributed by atoms with Gasteiger partial charge in [-0.05, 0) is 43.9 Å². The van der Waals surface area contributed by atoms with E-state index in [1.165, 1.54) is 0 Å². The summed E-state index contributed by atoms with van der Waals surface area (Å²) in [5.41, 5.74) is 2.68. The van der Waals surface area contributed by atoms with Crippen molar-refractivity contribution in [1.29, 1.82) is 0 Å². The number of nitrogens with zero attached hydrogens (tertiary/aromatic N) is 5. The molecule has 9 heteroatoms. The molecule has 1 atom stereocenters. The van der Waals surface area contributed by atoms with E-state index >= 15 is 0 Å². The predicted octanol–water partition coefficient (Wildman–Crippen LogP) is 2.13. The molecule has 156 valence electrons. The van der Waals surface area contributed by atoms with Crippen LogP contribution in [0.5, 0.6) is 0 Å². The second-order valence-corrected chi connectivity index (χ2v) is 8.21. The number of amides is 2. The van der Waals surface area contributed by atoms with Crippen molar-refractivity contribution in [2.45, 2.75) is 57.2 Å². The molecule has 3 heterocycles. The highest BCUT2D eigenvalue weighted by Gasteiger charge is 2.30. The lowest BCUT2D eigenvalue weighted by Crippen LogP contribution is -2.38. The summed E-state index contributed by atoms with van der Waals surface area (Å²) in [5, 5.41) is 11.2. The minimum atomic E-state index is -0.166. The molecule has 1 aliphatic heterocycles. The van der Waals surface area contributed by atoms with Crippen LogP contribution < -0.4 is 5.32 Å². The molecule has 1 aromatic carbocycles. The van der Waals surface area contributed by atoms with Crippen molar-refractivity contribution in [3.8, 4) is 0 Å². The summed E-state index contributed by atoms with van der Waals surface area (Å²) in [6.07, 6.45) is 9.55. The van der Waals surface area contributed by atoms with Gasteiger partial charge in [0.25, 0.3) is 11.8 Å². The Bertz CT molecular complexity index is 1070. The zero-order chi connectivity index (χ0) is 20.5. The van der Waals surface area contributed by atoms with E-state index in [2.05, 4.69) is 25.6 Å². The topological polar surface area (TPSA) is 109 Å². The minimum Gasteiger partial charge on any atom is -0.348 e. The minimum absolute atomic E-state index is 0.00770. The van der Waals surface area contributed by atoms with Crippen molar-refractivity contribution >= 4 is 22.8 Å². The Morgan fingerprint density at radius 1 is 1.17 bits per heavy atom. The standard InChI is InChI=1S/C21H25N7O2/c29-20(24-15-4-1-2-5-15)19-12-27(26-25-19)11-16-6-3-9-28(16)21(30)14-7-8-17-18(10-14)23-13-22-17/h7-8,10,12-13,15-16H,1-6,9,11H2,(H,22,23)(H,24,29)/t16-/m0/s1. The summed E-state index contributed by atoms with van der Waals surface area (Å²) in [6, 6.07) is 5.81. The molecule has 1 saturated carbocycles. The van der Waals surface area contributed by atoms with E-state index in [0.717, 1.165) is 49.6 Å². The lowest BCUT2D eigenvalue weighted by atomic mass is 10.1. The summed E-state index contributed by atoms with van der Waals surface area (Å²) < 4.78 is 1.68. The van der Waals surface area contributed by atoms with Crippen LogP contribution in [0.1, 0.15) is 59.4 Å². The number of hydrogen-bond acceptors (Lipinski definition) is 5. The summed E-state index contributed by atoms with van der Waals surface area (Å²) >= 11 is 0. The Morgan fingerprint density at radius 3 is 2.90 bits per heavy atom. The van der Waals surface area contributed by atoms with Crippen LogP contribution in [0.3, 0.4) is 0 Å². The summed E-state index contributed by atoms with van der Waals surface area (Å²) in [7, 11) is 0. The van der Waals surface area contributed by atoms with E-state index in [4.69, 9.17) is 0 Å². The van der Waals surface area contributed by atoms with Crippen molar-refractivity contribution in [3.63, 3.8) is 0 Å².